The molecule has 1 aliphatic rings. The van der Waals surface area contributed by atoms with E-state index in [-0.39, 0.29) is 0 Å². The van der Waals surface area contributed by atoms with Crippen LogP contribution in [-0.4, -0.2) is 16.5 Å². The van der Waals surface area contributed by atoms with Gasteiger partial charge in [-0.2, -0.15) is 0 Å². The molecular formula is C14H23N3. The fourth-order valence-electron chi connectivity index (χ4n) is 2.69. The molecule has 0 saturated heterocycles. The van der Waals surface area contributed by atoms with Gasteiger partial charge in [0.05, 0.1) is 0 Å². The molecule has 0 spiro atoms. The number of rotatable bonds is 4. The highest BCUT2D eigenvalue weighted by Gasteiger charge is 2.18. The van der Waals surface area contributed by atoms with Crippen LogP contribution in [0.5, 0.6) is 0 Å². The van der Waals surface area contributed by atoms with E-state index in [1.54, 1.807) is 0 Å². The highest BCUT2D eigenvalue weighted by Crippen LogP contribution is 2.30. The van der Waals surface area contributed by atoms with Crippen LogP contribution in [0.3, 0.4) is 0 Å². The molecule has 1 saturated carbocycles. The third kappa shape index (κ3) is 3.99. The minimum atomic E-state index is 0.763. The predicted octanol–water partition coefficient (Wildman–Crippen LogP) is 3.41. The minimum Gasteiger partial charge on any atom is -0.354 e. The van der Waals surface area contributed by atoms with Gasteiger partial charge in [0, 0.05) is 18.9 Å². The van der Waals surface area contributed by atoms with Crippen molar-refractivity contribution in [1.29, 1.82) is 0 Å². The average Bonchev–Trinajstić information content (AvgIpc) is 2.32. The third-order valence-electron chi connectivity index (χ3n) is 3.66. The first kappa shape index (κ1) is 12.3. The summed E-state index contributed by atoms with van der Waals surface area (Å²) in [7, 11) is 0. The second-order valence-corrected chi connectivity index (χ2v) is 5.44. The van der Waals surface area contributed by atoms with Gasteiger partial charge in [-0.1, -0.05) is 26.2 Å². The summed E-state index contributed by atoms with van der Waals surface area (Å²) in [5, 5.41) is 3.31. The number of aromatic nitrogens is 2. The quantitative estimate of drug-likeness (QED) is 0.866. The lowest BCUT2D eigenvalue weighted by Crippen LogP contribution is -2.17. The maximum Gasteiger partial charge on any atom is 0.222 e. The molecule has 2 unspecified atom stereocenters. The molecule has 0 amide bonds. The topological polar surface area (TPSA) is 37.8 Å². The Morgan fingerprint density at radius 2 is 2.06 bits per heavy atom. The Hall–Kier alpha value is -1.12. The van der Waals surface area contributed by atoms with E-state index in [9.17, 15) is 0 Å². The Kier molecular flexibility index (Phi) is 4.35. The molecule has 17 heavy (non-hydrogen) atoms. The van der Waals surface area contributed by atoms with Gasteiger partial charge in [-0.05, 0) is 37.2 Å². The van der Waals surface area contributed by atoms with E-state index < -0.39 is 0 Å². The van der Waals surface area contributed by atoms with E-state index in [1.807, 2.05) is 19.3 Å². The van der Waals surface area contributed by atoms with Crippen molar-refractivity contribution in [2.24, 2.45) is 11.8 Å². The highest BCUT2D eigenvalue weighted by molar-refractivity contribution is 5.23. The van der Waals surface area contributed by atoms with Crippen molar-refractivity contribution in [1.82, 2.24) is 9.97 Å². The Labute approximate surface area is 104 Å². The zero-order chi connectivity index (χ0) is 12.1. The molecule has 0 bridgehead atoms. The van der Waals surface area contributed by atoms with E-state index in [4.69, 9.17) is 0 Å². The van der Waals surface area contributed by atoms with Crippen LogP contribution in [0, 0.1) is 18.8 Å². The first-order valence-corrected chi connectivity index (χ1v) is 6.76. The lowest BCUT2D eigenvalue weighted by Gasteiger charge is -2.26. The molecule has 0 aliphatic heterocycles. The maximum absolute atomic E-state index is 4.25. The lowest BCUT2D eigenvalue weighted by molar-refractivity contribution is 0.274. The maximum atomic E-state index is 4.25. The molecule has 1 aromatic rings. The number of aryl methyl sites for hydroxylation is 1. The van der Waals surface area contributed by atoms with E-state index in [2.05, 4.69) is 22.2 Å². The molecule has 1 heterocycles. The van der Waals surface area contributed by atoms with Crippen molar-refractivity contribution >= 4 is 5.95 Å². The second kappa shape index (κ2) is 5.99. The second-order valence-electron chi connectivity index (χ2n) is 5.44. The highest BCUT2D eigenvalue weighted by atomic mass is 15.1. The monoisotopic (exact) mass is 233 g/mol. The zero-order valence-electron chi connectivity index (χ0n) is 10.9. The van der Waals surface area contributed by atoms with E-state index in [1.165, 1.54) is 32.1 Å². The fourth-order valence-corrected chi connectivity index (χ4v) is 2.69. The minimum absolute atomic E-state index is 0.763. The summed E-state index contributed by atoms with van der Waals surface area (Å²) in [6.45, 7) is 5.39. The van der Waals surface area contributed by atoms with E-state index >= 15 is 0 Å². The Morgan fingerprint density at radius 3 is 2.76 bits per heavy atom. The Balaban J connectivity index is 1.70. The van der Waals surface area contributed by atoms with Gasteiger partial charge < -0.3 is 5.32 Å². The van der Waals surface area contributed by atoms with Gasteiger partial charge in [0.1, 0.15) is 0 Å². The number of nitrogens with one attached hydrogen (secondary N) is 1. The summed E-state index contributed by atoms with van der Waals surface area (Å²) < 4.78 is 0. The van der Waals surface area contributed by atoms with Crippen LogP contribution < -0.4 is 5.32 Å². The molecule has 1 aromatic heterocycles. The summed E-state index contributed by atoms with van der Waals surface area (Å²) in [6, 6.07) is 0. The van der Waals surface area contributed by atoms with Crippen molar-refractivity contribution in [3.05, 3.63) is 18.0 Å². The predicted molar refractivity (Wildman–Crippen MR) is 71.0 cm³/mol. The molecule has 1 fully saturated rings. The summed E-state index contributed by atoms with van der Waals surface area (Å²) in [6.07, 6.45) is 10.6. The largest absolute Gasteiger partial charge is 0.354 e. The zero-order valence-corrected chi connectivity index (χ0v) is 10.9. The first-order chi connectivity index (χ1) is 8.24. The van der Waals surface area contributed by atoms with Gasteiger partial charge in [-0.15, -0.1) is 0 Å². The number of hydrogen-bond donors (Lipinski definition) is 1. The average molecular weight is 233 g/mol. The van der Waals surface area contributed by atoms with Gasteiger partial charge in [0.25, 0.3) is 0 Å². The Morgan fingerprint density at radius 1 is 1.29 bits per heavy atom. The van der Waals surface area contributed by atoms with Gasteiger partial charge in [-0.25, -0.2) is 9.97 Å². The smallest absolute Gasteiger partial charge is 0.222 e. The van der Waals surface area contributed by atoms with Crippen LogP contribution in [0.4, 0.5) is 5.95 Å². The number of nitrogens with zero attached hydrogens (tertiary/aromatic N) is 2. The van der Waals surface area contributed by atoms with Crippen LogP contribution in [-0.2, 0) is 0 Å². The molecule has 1 aliphatic carbocycles. The normalized spacial score (nSPS) is 24.6. The van der Waals surface area contributed by atoms with Gasteiger partial charge in [0.15, 0.2) is 0 Å². The molecule has 2 atom stereocenters. The van der Waals surface area contributed by atoms with E-state index in [0.29, 0.717) is 0 Å². The van der Waals surface area contributed by atoms with Gasteiger partial charge >= 0.3 is 0 Å². The van der Waals surface area contributed by atoms with Crippen molar-refractivity contribution < 1.29 is 0 Å². The molecule has 2 rings (SSSR count). The van der Waals surface area contributed by atoms with Crippen molar-refractivity contribution in [3.8, 4) is 0 Å². The van der Waals surface area contributed by atoms with E-state index in [0.717, 1.165) is 29.9 Å². The molecule has 1 N–H and O–H groups in total. The number of hydrogen-bond acceptors (Lipinski definition) is 3. The van der Waals surface area contributed by atoms with Crippen molar-refractivity contribution in [2.75, 3.05) is 11.9 Å². The molecule has 0 radical (unpaired) electrons. The van der Waals surface area contributed by atoms with Crippen LogP contribution in [0.25, 0.3) is 0 Å². The SMILES string of the molecule is Cc1cnc(NCCC2CCCC(C)C2)nc1. The van der Waals surface area contributed by atoms with Crippen LogP contribution in [0.1, 0.15) is 44.6 Å². The molecule has 94 valence electrons. The third-order valence-corrected chi connectivity index (χ3v) is 3.66. The molecule has 0 aromatic carbocycles. The number of anilines is 1. The standard InChI is InChI=1S/C14H23N3/c1-11-4-3-5-13(8-11)6-7-15-14-16-9-12(2)10-17-14/h9-11,13H,3-8H2,1-2H3,(H,15,16,17). The summed E-state index contributed by atoms with van der Waals surface area (Å²) in [5.41, 5.74) is 1.11. The summed E-state index contributed by atoms with van der Waals surface area (Å²) in [5.74, 6) is 2.58. The summed E-state index contributed by atoms with van der Waals surface area (Å²) >= 11 is 0. The Bertz CT molecular complexity index is 334. The van der Waals surface area contributed by atoms with Crippen molar-refractivity contribution in [3.63, 3.8) is 0 Å². The summed E-state index contributed by atoms with van der Waals surface area (Å²) in [4.78, 5) is 8.51. The molecule has 3 nitrogen and oxygen atoms in total. The van der Waals surface area contributed by atoms with Crippen molar-refractivity contribution in [2.45, 2.75) is 46.0 Å². The van der Waals surface area contributed by atoms with Gasteiger partial charge in [-0.3, -0.25) is 0 Å². The fraction of sp³-hybridized carbons (Fsp3) is 0.714. The lowest BCUT2D eigenvalue weighted by atomic mass is 9.81. The van der Waals surface area contributed by atoms with Crippen LogP contribution in [0.2, 0.25) is 0 Å². The first-order valence-electron chi connectivity index (χ1n) is 6.76. The van der Waals surface area contributed by atoms with Crippen LogP contribution in [0.15, 0.2) is 12.4 Å². The van der Waals surface area contributed by atoms with Gasteiger partial charge in [0.2, 0.25) is 5.95 Å². The van der Waals surface area contributed by atoms with Crippen LogP contribution >= 0.6 is 0 Å². The molecular weight excluding hydrogens is 210 g/mol. The molecule has 3 heteroatoms.